The second-order valence-electron chi connectivity index (χ2n) is 5.83. The lowest BCUT2D eigenvalue weighted by atomic mass is 10.1. The summed E-state index contributed by atoms with van der Waals surface area (Å²) in [7, 11) is 0. The Balaban J connectivity index is 1.68. The monoisotopic (exact) mass is 414 g/mol. The predicted octanol–water partition coefficient (Wildman–Crippen LogP) is 4.38. The van der Waals surface area contributed by atoms with E-state index in [1.807, 2.05) is 0 Å². The minimum absolute atomic E-state index is 0.0687. The first-order valence-electron chi connectivity index (χ1n) is 7.85. The number of carbonyl (C=O) groups is 2. The maximum Gasteiger partial charge on any atom is 0.255 e. The van der Waals surface area contributed by atoms with Crippen LogP contribution in [0.1, 0.15) is 20.7 Å². The van der Waals surface area contributed by atoms with Gasteiger partial charge in [0.15, 0.2) is 0 Å². The van der Waals surface area contributed by atoms with Crippen molar-refractivity contribution in [3.8, 4) is 0 Å². The Bertz CT molecular complexity index is 868. The molecule has 2 amide bonds. The summed E-state index contributed by atoms with van der Waals surface area (Å²) in [5.74, 6) is -1.02. The number of hydrogen-bond acceptors (Lipinski definition) is 2. The molecule has 8 heteroatoms. The summed E-state index contributed by atoms with van der Waals surface area (Å²) in [6.45, 7) is 1.39. The van der Waals surface area contributed by atoms with Gasteiger partial charge < -0.3 is 9.80 Å². The van der Waals surface area contributed by atoms with Crippen molar-refractivity contribution in [1.82, 2.24) is 9.80 Å². The molecule has 0 radical (unpaired) electrons. The van der Waals surface area contributed by atoms with Gasteiger partial charge in [-0.2, -0.15) is 0 Å². The molecule has 1 fully saturated rings. The van der Waals surface area contributed by atoms with E-state index in [4.69, 9.17) is 34.8 Å². The summed E-state index contributed by atoms with van der Waals surface area (Å²) in [5, 5.41) is 0.827. The van der Waals surface area contributed by atoms with Crippen molar-refractivity contribution in [3.63, 3.8) is 0 Å². The third-order valence-electron chi connectivity index (χ3n) is 4.17. The molecule has 0 N–H and O–H groups in total. The third-order valence-corrected chi connectivity index (χ3v) is 5.05. The molecule has 26 heavy (non-hydrogen) atoms. The Morgan fingerprint density at radius 1 is 0.769 bits per heavy atom. The first-order valence-corrected chi connectivity index (χ1v) is 8.99. The molecular weight excluding hydrogens is 402 g/mol. The van der Waals surface area contributed by atoms with Crippen molar-refractivity contribution in [1.29, 1.82) is 0 Å². The fraction of sp³-hybridized carbons (Fsp3) is 0.222. The normalized spacial score (nSPS) is 14.5. The smallest absolute Gasteiger partial charge is 0.255 e. The zero-order valence-corrected chi connectivity index (χ0v) is 15.8. The van der Waals surface area contributed by atoms with Crippen LogP contribution in [0.15, 0.2) is 36.4 Å². The van der Waals surface area contributed by atoms with E-state index in [2.05, 4.69) is 0 Å². The first kappa shape index (κ1) is 19.0. The highest BCUT2D eigenvalue weighted by molar-refractivity contribution is 6.35. The molecule has 1 aliphatic heterocycles. The van der Waals surface area contributed by atoms with Crippen LogP contribution in [0.4, 0.5) is 4.39 Å². The molecule has 0 aromatic heterocycles. The van der Waals surface area contributed by atoms with Crippen LogP contribution in [0.25, 0.3) is 0 Å². The highest BCUT2D eigenvalue weighted by Gasteiger charge is 2.27. The zero-order valence-electron chi connectivity index (χ0n) is 13.5. The molecule has 2 aromatic carbocycles. The van der Waals surface area contributed by atoms with Gasteiger partial charge in [-0.15, -0.1) is 0 Å². The van der Waals surface area contributed by atoms with E-state index in [9.17, 15) is 14.0 Å². The Hall–Kier alpha value is -1.82. The number of amides is 2. The summed E-state index contributed by atoms with van der Waals surface area (Å²) in [5.41, 5.74) is 0.575. The SMILES string of the molecule is O=C(c1ccc(F)cc1Cl)N1CCN(C(=O)c2cc(Cl)ccc2Cl)CC1. The van der Waals surface area contributed by atoms with Crippen LogP contribution in [-0.2, 0) is 0 Å². The second kappa shape index (κ2) is 7.82. The lowest BCUT2D eigenvalue weighted by molar-refractivity contribution is 0.0535. The maximum atomic E-state index is 13.1. The van der Waals surface area contributed by atoms with Crippen LogP contribution in [0.2, 0.25) is 15.1 Å². The van der Waals surface area contributed by atoms with Crippen LogP contribution in [-0.4, -0.2) is 47.8 Å². The molecule has 0 spiro atoms. The average Bonchev–Trinajstić information content (AvgIpc) is 2.63. The summed E-state index contributed by atoms with van der Waals surface area (Å²) >= 11 is 18.0. The summed E-state index contributed by atoms with van der Waals surface area (Å²) < 4.78 is 13.1. The van der Waals surface area contributed by atoms with E-state index in [0.717, 1.165) is 6.07 Å². The summed E-state index contributed by atoms with van der Waals surface area (Å²) in [4.78, 5) is 28.4. The first-order chi connectivity index (χ1) is 12.4. The molecule has 1 saturated heterocycles. The van der Waals surface area contributed by atoms with E-state index in [1.165, 1.54) is 18.2 Å². The van der Waals surface area contributed by atoms with Crippen molar-refractivity contribution in [3.05, 3.63) is 68.4 Å². The van der Waals surface area contributed by atoms with Gasteiger partial charge in [-0.3, -0.25) is 9.59 Å². The number of benzene rings is 2. The Kier molecular flexibility index (Phi) is 5.70. The van der Waals surface area contributed by atoms with E-state index in [-0.39, 0.29) is 22.4 Å². The predicted molar refractivity (Wildman–Crippen MR) is 99.7 cm³/mol. The van der Waals surface area contributed by atoms with Gasteiger partial charge >= 0.3 is 0 Å². The van der Waals surface area contributed by atoms with Crippen LogP contribution in [0.5, 0.6) is 0 Å². The van der Waals surface area contributed by atoms with Crippen LogP contribution < -0.4 is 0 Å². The fourth-order valence-corrected chi connectivity index (χ4v) is 3.40. The molecule has 136 valence electrons. The highest BCUT2D eigenvalue weighted by atomic mass is 35.5. The van der Waals surface area contributed by atoms with Crippen molar-refractivity contribution in [2.45, 2.75) is 0 Å². The van der Waals surface area contributed by atoms with E-state index < -0.39 is 5.82 Å². The summed E-state index contributed by atoms with van der Waals surface area (Å²) in [6.07, 6.45) is 0. The van der Waals surface area contributed by atoms with Gasteiger partial charge in [0.25, 0.3) is 11.8 Å². The fourth-order valence-electron chi connectivity index (χ4n) is 2.78. The van der Waals surface area contributed by atoms with Crippen LogP contribution >= 0.6 is 34.8 Å². The Labute approximate surface area is 165 Å². The Morgan fingerprint density at radius 2 is 1.35 bits per heavy atom. The van der Waals surface area contributed by atoms with Crippen molar-refractivity contribution in [2.24, 2.45) is 0 Å². The molecule has 0 saturated carbocycles. The number of rotatable bonds is 2. The van der Waals surface area contributed by atoms with E-state index in [1.54, 1.807) is 21.9 Å². The molecule has 1 heterocycles. The molecule has 0 atom stereocenters. The molecule has 1 aliphatic rings. The highest BCUT2D eigenvalue weighted by Crippen LogP contribution is 2.24. The number of nitrogens with zero attached hydrogens (tertiary/aromatic N) is 2. The molecular formula is C18H14Cl3FN2O2. The molecule has 3 rings (SSSR count). The van der Waals surface area contributed by atoms with E-state index >= 15 is 0 Å². The summed E-state index contributed by atoms with van der Waals surface area (Å²) in [6, 6.07) is 8.39. The van der Waals surface area contributed by atoms with Crippen molar-refractivity contribution in [2.75, 3.05) is 26.2 Å². The lowest BCUT2D eigenvalue weighted by Gasteiger charge is -2.35. The quantitative estimate of drug-likeness (QED) is 0.730. The molecule has 2 aromatic rings. The van der Waals surface area contributed by atoms with Gasteiger partial charge in [0.1, 0.15) is 5.82 Å². The van der Waals surface area contributed by atoms with Gasteiger partial charge in [-0.25, -0.2) is 4.39 Å². The standard InChI is InChI=1S/C18H14Cl3FN2O2/c19-11-1-4-15(20)14(9-11)18(26)24-7-5-23(6-8-24)17(25)13-3-2-12(22)10-16(13)21/h1-4,9-10H,5-8H2. The van der Waals surface area contributed by atoms with Gasteiger partial charge in [0.2, 0.25) is 0 Å². The minimum atomic E-state index is -0.500. The number of carbonyl (C=O) groups excluding carboxylic acids is 2. The minimum Gasteiger partial charge on any atom is -0.335 e. The largest absolute Gasteiger partial charge is 0.335 e. The van der Waals surface area contributed by atoms with Gasteiger partial charge in [0.05, 0.1) is 21.2 Å². The average molecular weight is 416 g/mol. The lowest BCUT2D eigenvalue weighted by Crippen LogP contribution is -2.50. The molecule has 0 bridgehead atoms. The maximum absolute atomic E-state index is 13.1. The number of hydrogen-bond donors (Lipinski definition) is 0. The third kappa shape index (κ3) is 3.95. The molecule has 0 aliphatic carbocycles. The Morgan fingerprint density at radius 3 is 1.92 bits per heavy atom. The molecule has 4 nitrogen and oxygen atoms in total. The van der Waals surface area contributed by atoms with E-state index in [0.29, 0.717) is 41.8 Å². The van der Waals surface area contributed by atoms with Gasteiger partial charge in [-0.05, 0) is 36.4 Å². The zero-order chi connectivity index (χ0) is 18.8. The van der Waals surface area contributed by atoms with Crippen LogP contribution in [0.3, 0.4) is 0 Å². The number of piperazine rings is 1. The van der Waals surface area contributed by atoms with Gasteiger partial charge in [-0.1, -0.05) is 34.8 Å². The van der Waals surface area contributed by atoms with Crippen molar-refractivity contribution < 1.29 is 14.0 Å². The van der Waals surface area contributed by atoms with Crippen LogP contribution in [0, 0.1) is 5.82 Å². The molecule has 0 unspecified atom stereocenters. The van der Waals surface area contributed by atoms with Gasteiger partial charge in [0, 0.05) is 31.2 Å². The topological polar surface area (TPSA) is 40.6 Å². The van der Waals surface area contributed by atoms with Crippen molar-refractivity contribution >= 4 is 46.6 Å². The second-order valence-corrected chi connectivity index (χ2v) is 7.08. The number of halogens is 4.